The molecule has 2 rings (SSSR count). The highest BCUT2D eigenvalue weighted by molar-refractivity contribution is 5.79. The van der Waals surface area contributed by atoms with E-state index in [1.807, 2.05) is 18.0 Å². The van der Waals surface area contributed by atoms with Crippen molar-refractivity contribution >= 4 is 5.91 Å². The molecule has 4 heteroatoms. The Morgan fingerprint density at radius 2 is 2.04 bits per heavy atom. The van der Waals surface area contributed by atoms with Crippen LogP contribution in [0, 0.1) is 11.3 Å². The number of carbonyl (C=O) groups excluding carboxylic acids is 1. The zero-order chi connectivity index (χ0) is 16.9. The number of benzene rings is 1. The first kappa shape index (κ1) is 18.0. The topological polar surface area (TPSA) is 49.6 Å². The van der Waals surface area contributed by atoms with Crippen LogP contribution in [-0.2, 0) is 11.3 Å². The molecule has 23 heavy (non-hydrogen) atoms. The Hall–Kier alpha value is -1.39. The van der Waals surface area contributed by atoms with Crippen molar-refractivity contribution in [2.45, 2.75) is 33.2 Å². The number of amides is 1. The molecular formula is C19H31N3O. The standard InChI is InChI=1S/C19H31N3O/c1-19(2,14-20)15-21(3)18(23)17-10-7-11-22(13-17)12-16-8-5-4-6-9-16/h4-6,8-9,17H,7,10-15,20H2,1-3H3. The third-order valence-electron chi connectivity index (χ3n) is 4.70. The fraction of sp³-hybridized carbons (Fsp3) is 0.632. The molecule has 1 saturated heterocycles. The minimum Gasteiger partial charge on any atom is -0.345 e. The van der Waals surface area contributed by atoms with Crippen molar-refractivity contribution in [3.63, 3.8) is 0 Å². The van der Waals surface area contributed by atoms with Crippen LogP contribution in [0.4, 0.5) is 0 Å². The molecule has 0 aliphatic carbocycles. The van der Waals surface area contributed by atoms with Crippen molar-refractivity contribution in [2.75, 3.05) is 33.2 Å². The molecule has 0 aromatic heterocycles. The summed E-state index contributed by atoms with van der Waals surface area (Å²) in [4.78, 5) is 17.0. The molecule has 1 aromatic carbocycles. The van der Waals surface area contributed by atoms with E-state index < -0.39 is 0 Å². The summed E-state index contributed by atoms with van der Waals surface area (Å²) < 4.78 is 0. The summed E-state index contributed by atoms with van der Waals surface area (Å²) in [6.45, 7) is 8.41. The first-order chi connectivity index (χ1) is 10.9. The first-order valence-electron chi connectivity index (χ1n) is 8.62. The molecule has 1 atom stereocenters. The maximum atomic E-state index is 12.7. The van der Waals surface area contributed by atoms with Crippen LogP contribution in [0.15, 0.2) is 30.3 Å². The first-order valence-corrected chi connectivity index (χ1v) is 8.62. The van der Waals surface area contributed by atoms with Gasteiger partial charge >= 0.3 is 0 Å². The molecule has 4 nitrogen and oxygen atoms in total. The van der Waals surface area contributed by atoms with Gasteiger partial charge in [0.25, 0.3) is 0 Å². The predicted octanol–water partition coefficient (Wildman–Crippen LogP) is 2.34. The maximum absolute atomic E-state index is 12.7. The van der Waals surface area contributed by atoms with Crippen molar-refractivity contribution in [3.8, 4) is 0 Å². The fourth-order valence-corrected chi connectivity index (χ4v) is 3.34. The lowest BCUT2D eigenvalue weighted by Crippen LogP contribution is -2.46. The summed E-state index contributed by atoms with van der Waals surface area (Å²) >= 11 is 0. The van der Waals surface area contributed by atoms with E-state index in [0.717, 1.165) is 39.0 Å². The summed E-state index contributed by atoms with van der Waals surface area (Å²) in [6.07, 6.45) is 2.09. The minimum atomic E-state index is -0.0250. The van der Waals surface area contributed by atoms with E-state index in [0.29, 0.717) is 6.54 Å². The molecule has 1 aromatic rings. The van der Waals surface area contributed by atoms with Gasteiger partial charge in [-0.2, -0.15) is 0 Å². The number of hydrogen-bond acceptors (Lipinski definition) is 3. The van der Waals surface area contributed by atoms with Crippen molar-refractivity contribution in [3.05, 3.63) is 35.9 Å². The van der Waals surface area contributed by atoms with Gasteiger partial charge in [0.2, 0.25) is 5.91 Å². The van der Waals surface area contributed by atoms with Crippen molar-refractivity contribution in [2.24, 2.45) is 17.1 Å². The Labute approximate surface area is 140 Å². The number of nitrogens with two attached hydrogens (primary N) is 1. The Kier molecular flexibility index (Phi) is 6.19. The van der Waals surface area contributed by atoms with Gasteiger partial charge < -0.3 is 10.6 Å². The fourth-order valence-electron chi connectivity index (χ4n) is 3.34. The second kappa shape index (κ2) is 7.93. The van der Waals surface area contributed by atoms with Gasteiger partial charge in [0.1, 0.15) is 0 Å². The van der Waals surface area contributed by atoms with E-state index in [-0.39, 0.29) is 17.2 Å². The molecule has 1 aliphatic heterocycles. The predicted molar refractivity (Wildman–Crippen MR) is 94.9 cm³/mol. The smallest absolute Gasteiger partial charge is 0.226 e. The highest BCUT2D eigenvalue weighted by Crippen LogP contribution is 2.22. The van der Waals surface area contributed by atoms with E-state index in [1.165, 1.54) is 5.56 Å². The molecule has 1 amide bonds. The lowest BCUT2D eigenvalue weighted by Gasteiger charge is -2.36. The summed E-state index contributed by atoms with van der Waals surface area (Å²) in [6, 6.07) is 10.5. The third kappa shape index (κ3) is 5.33. The average molecular weight is 317 g/mol. The molecule has 128 valence electrons. The number of nitrogens with zero attached hydrogens (tertiary/aromatic N) is 2. The van der Waals surface area contributed by atoms with Gasteiger partial charge in [-0.25, -0.2) is 0 Å². The largest absolute Gasteiger partial charge is 0.345 e. The highest BCUT2D eigenvalue weighted by atomic mass is 16.2. The lowest BCUT2D eigenvalue weighted by molar-refractivity contribution is -0.137. The highest BCUT2D eigenvalue weighted by Gasteiger charge is 2.30. The molecule has 1 unspecified atom stereocenters. The van der Waals surface area contributed by atoms with E-state index in [4.69, 9.17) is 5.73 Å². The summed E-state index contributed by atoms with van der Waals surface area (Å²) in [5.74, 6) is 0.385. The summed E-state index contributed by atoms with van der Waals surface area (Å²) in [5, 5.41) is 0. The second-order valence-electron chi connectivity index (χ2n) is 7.62. The van der Waals surface area contributed by atoms with Crippen LogP contribution in [0.5, 0.6) is 0 Å². The molecule has 0 bridgehead atoms. The normalized spacial score (nSPS) is 19.6. The quantitative estimate of drug-likeness (QED) is 0.876. The molecule has 1 fully saturated rings. The molecular weight excluding hydrogens is 286 g/mol. The van der Waals surface area contributed by atoms with Gasteiger partial charge in [-0.1, -0.05) is 44.2 Å². The Morgan fingerprint density at radius 1 is 1.35 bits per heavy atom. The Bertz CT molecular complexity index is 501. The lowest BCUT2D eigenvalue weighted by atomic mass is 9.91. The van der Waals surface area contributed by atoms with Crippen LogP contribution in [-0.4, -0.2) is 48.9 Å². The monoisotopic (exact) mass is 317 g/mol. The van der Waals surface area contributed by atoms with Gasteiger partial charge in [-0.15, -0.1) is 0 Å². The van der Waals surface area contributed by atoms with Gasteiger partial charge in [0.05, 0.1) is 5.92 Å². The Morgan fingerprint density at radius 3 is 2.70 bits per heavy atom. The van der Waals surface area contributed by atoms with Gasteiger partial charge in [-0.05, 0) is 36.9 Å². The van der Waals surface area contributed by atoms with Gasteiger partial charge in [0, 0.05) is 26.7 Å². The van der Waals surface area contributed by atoms with Crippen molar-refractivity contribution < 1.29 is 4.79 Å². The van der Waals surface area contributed by atoms with Crippen LogP contribution in [0.3, 0.4) is 0 Å². The van der Waals surface area contributed by atoms with Crippen molar-refractivity contribution in [1.29, 1.82) is 0 Å². The van der Waals surface area contributed by atoms with Crippen LogP contribution >= 0.6 is 0 Å². The number of carbonyl (C=O) groups is 1. The van der Waals surface area contributed by atoms with E-state index in [2.05, 4.69) is 43.0 Å². The van der Waals surface area contributed by atoms with E-state index in [1.54, 1.807) is 0 Å². The third-order valence-corrected chi connectivity index (χ3v) is 4.70. The number of hydrogen-bond donors (Lipinski definition) is 1. The second-order valence-corrected chi connectivity index (χ2v) is 7.62. The van der Waals surface area contributed by atoms with E-state index >= 15 is 0 Å². The van der Waals surface area contributed by atoms with Crippen LogP contribution < -0.4 is 5.73 Å². The summed E-state index contributed by atoms with van der Waals surface area (Å²) in [5.41, 5.74) is 7.09. The zero-order valence-electron chi connectivity index (χ0n) is 14.8. The molecule has 1 aliphatic rings. The zero-order valence-corrected chi connectivity index (χ0v) is 14.8. The van der Waals surface area contributed by atoms with Gasteiger partial charge in [-0.3, -0.25) is 9.69 Å². The molecule has 0 spiro atoms. The summed E-state index contributed by atoms with van der Waals surface area (Å²) in [7, 11) is 1.91. The minimum absolute atomic E-state index is 0.0250. The SMILES string of the molecule is CN(CC(C)(C)CN)C(=O)C1CCCN(Cc2ccccc2)C1. The van der Waals surface area contributed by atoms with Crippen LogP contribution in [0.2, 0.25) is 0 Å². The maximum Gasteiger partial charge on any atom is 0.226 e. The van der Waals surface area contributed by atoms with Gasteiger partial charge in [0.15, 0.2) is 0 Å². The molecule has 0 saturated carbocycles. The van der Waals surface area contributed by atoms with E-state index in [9.17, 15) is 4.79 Å². The van der Waals surface area contributed by atoms with Crippen molar-refractivity contribution in [1.82, 2.24) is 9.80 Å². The average Bonchev–Trinajstić information content (AvgIpc) is 2.55. The Balaban J connectivity index is 1.91. The van der Waals surface area contributed by atoms with Crippen LogP contribution in [0.25, 0.3) is 0 Å². The molecule has 2 N–H and O–H groups in total. The molecule has 0 radical (unpaired) electrons. The number of rotatable bonds is 6. The number of piperidine rings is 1. The number of likely N-dealkylation sites (tertiary alicyclic amines) is 1. The van der Waals surface area contributed by atoms with Crippen LogP contribution in [0.1, 0.15) is 32.3 Å². The molecule has 1 heterocycles.